The van der Waals surface area contributed by atoms with Crippen molar-refractivity contribution < 1.29 is 14.3 Å². The summed E-state index contributed by atoms with van der Waals surface area (Å²) < 4.78 is 11.9. The maximum atomic E-state index is 12.5. The Morgan fingerprint density at radius 2 is 2.00 bits per heavy atom. The standard InChI is InChI=1S/C19H23N3O4/c1-4-5-10-20-18(24)19(2,3)22-17(23)9-7-14(21-22)13-6-8-15-16(11-13)26-12-25-15/h6-9,11H,4-5,10,12H2,1-3H3,(H,20,24). The summed E-state index contributed by atoms with van der Waals surface area (Å²) in [7, 11) is 0. The van der Waals surface area contributed by atoms with Crippen LogP contribution in [-0.4, -0.2) is 29.0 Å². The van der Waals surface area contributed by atoms with E-state index in [-0.39, 0.29) is 18.3 Å². The van der Waals surface area contributed by atoms with E-state index in [0.29, 0.717) is 23.7 Å². The first-order chi connectivity index (χ1) is 12.4. The second kappa shape index (κ2) is 7.19. The third-order valence-corrected chi connectivity index (χ3v) is 4.37. The molecule has 0 bridgehead atoms. The highest BCUT2D eigenvalue weighted by atomic mass is 16.7. The van der Waals surface area contributed by atoms with Gasteiger partial charge < -0.3 is 14.8 Å². The number of nitrogens with one attached hydrogen (secondary N) is 1. The lowest BCUT2D eigenvalue weighted by Crippen LogP contribution is -2.49. The molecule has 0 aliphatic carbocycles. The van der Waals surface area contributed by atoms with Crippen molar-refractivity contribution in [2.75, 3.05) is 13.3 Å². The zero-order valence-corrected chi connectivity index (χ0v) is 15.2. The van der Waals surface area contributed by atoms with Gasteiger partial charge in [0, 0.05) is 18.2 Å². The number of unbranched alkanes of at least 4 members (excludes halogenated alkanes) is 1. The number of amides is 1. The SMILES string of the molecule is CCCCNC(=O)C(C)(C)n1nc(-c2ccc3c(c2)OCO3)ccc1=O. The lowest BCUT2D eigenvalue weighted by molar-refractivity contribution is -0.129. The largest absolute Gasteiger partial charge is 0.454 e. The van der Waals surface area contributed by atoms with Crippen LogP contribution in [0.2, 0.25) is 0 Å². The first-order valence-electron chi connectivity index (χ1n) is 8.72. The van der Waals surface area contributed by atoms with Gasteiger partial charge in [0.05, 0.1) is 5.69 Å². The van der Waals surface area contributed by atoms with E-state index in [1.165, 1.54) is 10.7 Å². The van der Waals surface area contributed by atoms with Crippen LogP contribution in [0, 0.1) is 0 Å². The number of ether oxygens (including phenoxy) is 2. The van der Waals surface area contributed by atoms with Gasteiger partial charge in [-0.3, -0.25) is 9.59 Å². The van der Waals surface area contributed by atoms with Gasteiger partial charge in [-0.25, -0.2) is 4.68 Å². The fourth-order valence-corrected chi connectivity index (χ4v) is 2.71. The molecule has 0 unspecified atom stereocenters. The molecule has 1 N–H and O–H groups in total. The molecule has 0 fully saturated rings. The van der Waals surface area contributed by atoms with Crippen LogP contribution < -0.4 is 20.3 Å². The van der Waals surface area contributed by atoms with Crippen molar-refractivity contribution in [2.24, 2.45) is 0 Å². The molecule has 1 aliphatic rings. The third kappa shape index (κ3) is 3.42. The molecule has 2 heterocycles. The van der Waals surface area contributed by atoms with Crippen LogP contribution in [-0.2, 0) is 10.3 Å². The van der Waals surface area contributed by atoms with E-state index in [9.17, 15) is 9.59 Å². The minimum absolute atomic E-state index is 0.191. The number of rotatable bonds is 6. The van der Waals surface area contributed by atoms with Gasteiger partial charge in [0.2, 0.25) is 12.7 Å². The van der Waals surface area contributed by atoms with Crippen LogP contribution in [0.4, 0.5) is 0 Å². The lowest BCUT2D eigenvalue weighted by Gasteiger charge is -2.25. The van der Waals surface area contributed by atoms with E-state index in [1.54, 1.807) is 26.0 Å². The van der Waals surface area contributed by atoms with Gasteiger partial charge in [-0.05, 0) is 44.5 Å². The summed E-state index contributed by atoms with van der Waals surface area (Å²) in [6, 6.07) is 8.53. The normalized spacial score (nSPS) is 12.9. The Hall–Kier alpha value is -2.83. The summed E-state index contributed by atoms with van der Waals surface area (Å²) >= 11 is 0. The van der Waals surface area contributed by atoms with Gasteiger partial charge in [-0.15, -0.1) is 0 Å². The molecule has 0 atom stereocenters. The van der Waals surface area contributed by atoms with E-state index in [0.717, 1.165) is 18.4 Å². The van der Waals surface area contributed by atoms with Gasteiger partial charge in [-0.2, -0.15) is 5.10 Å². The maximum Gasteiger partial charge on any atom is 0.267 e. The van der Waals surface area contributed by atoms with Gasteiger partial charge in [-0.1, -0.05) is 13.3 Å². The average Bonchev–Trinajstić information content (AvgIpc) is 3.09. The van der Waals surface area contributed by atoms with E-state index >= 15 is 0 Å². The monoisotopic (exact) mass is 357 g/mol. The quantitative estimate of drug-likeness (QED) is 0.802. The van der Waals surface area contributed by atoms with Crippen molar-refractivity contribution in [2.45, 2.75) is 39.2 Å². The van der Waals surface area contributed by atoms with Crippen LogP contribution in [0.3, 0.4) is 0 Å². The Bertz CT molecular complexity index is 873. The molecule has 0 spiro atoms. The summed E-state index contributed by atoms with van der Waals surface area (Å²) in [5, 5.41) is 7.30. The summed E-state index contributed by atoms with van der Waals surface area (Å²) in [6.07, 6.45) is 1.87. The van der Waals surface area contributed by atoms with Gasteiger partial charge in [0.15, 0.2) is 11.5 Å². The van der Waals surface area contributed by atoms with Crippen molar-refractivity contribution in [3.8, 4) is 22.8 Å². The van der Waals surface area contributed by atoms with Gasteiger partial charge in [0.1, 0.15) is 5.54 Å². The Kier molecular flexibility index (Phi) is 4.97. The minimum atomic E-state index is -1.10. The molecule has 3 rings (SSSR count). The van der Waals surface area contributed by atoms with Crippen LogP contribution in [0.1, 0.15) is 33.6 Å². The molecule has 0 radical (unpaired) electrons. The summed E-state index contributed by atoms with van der Waals surface area (Å²) in [5.74, 6) is 1.08. The van der Waals surface area contributed by atoms with Crippen LogP contribution in [0.25, 0.3) is 11.3 Å². The fraction of sp³-hybridized carbons (Fsp3) is 0.421. The number of fused-ring (bicyclic) bond motifs is 1. The zero-order valence-electron chi connectivity index (χ0n) is 15.2. The molecule has 7 nitrogen and oxygen atoms in total. The maximum absolute atomic E-state index is 12.5. The molecule has 1 aliphatic heterocycles. The number of aromatic nitrogens is 2. The molecular weight excluding hydrogens is 334 g/mol. The second-order valence-electron chi connectivity index (χ2n) is 6.71. The molecule has 1 amide bonds. The van der Waals surface area contributed by atoms with E-state index in [4.69, 9.17) is 9.47 Å². The number of hydrogen-bond donors (Lipinski definition) is 1. The number of carbonyl (C=O) groups excluding carboxylic acids is 1. The summed E-state index contributed by atoms with van der Waals surface area (Å²) in [4.78, 5) is 24.9. The van der Waals surface area contributed by atoms with Gasteiger partial charge >= 0.3 is 0 Å². The first-order valence-corrected chi connectivity index (χ1v) is 8.72. The highest BCUT2D eigenvalue weighted by Crippen LogP contribution is 2.35. The molecular formula is C19H23N3O4. The summed E-state index contributed by atoms with van der Waals surface area (Å²) in [5.41, 5.74) is -0.0652. The smallest absolute Gasteiger partial charge is 0.267 e. The Labute approximate surface area is 151 Å². The average molecular weight is 357 g/mol. The molecule has 2 aromatic rings. The Morgan fingerprint density at radius 3 is 2.77 bits per heavy atom. The highest BCUT2D eigenvalue weighted by molar-refractivity contribution is 5.83. The molecule has 0 saturated heterocycles. The van der Waals surface area contributed by atoms with Crippen molar-refractivity contribution in [3.63, 3.8) is 0 Å². The minimum Gasteiger partial charge on any atom is -0.454 e. The highest BCUT2D eigenvalue weighted by Gasteiger charge is 2.32. The molecule has 1 aromatic carbocycles. The molecule has 1 aromatic heterocycles. The summed E-state index contributed by atoms with van der Waals surface area (Å²) in [6.45, 7) is 6.20. The topological polar surface area (TPSA) is 82.5 Å². The van der Waals surface area contributed by atoms with Crippen LogP contribution in [0.15, 0.2) is 35.1 Å². The predicted octanol–water partition coefficient (Wildman–Crippen LogP) is 2.29. The van der Waals surface area contributed by atoms with Crippen LogP contribution in [0.5, 0.6) is 11.5 Å². The second-order valence-corrected chi connectivity index (χ2v) is 6.71. The third-order valence-electron chi connectivity index (χ3n) is 4.37. The van der Waals surface area contributed by atoms with Crippen molar-refractivity contribution in [1.82, 2.24) is 15.1 Å². The Balaban J connectivity index is 1.92. The Morgan fingerprint density at radius 1 is 1.23 bits per heavy atom. The lowest BCUT2D eigenvalue weighted by atomic mass is 10.0. The van der Waals surface area contributed by atoms with Crippen LogP contribution >= 0.6 is 0 Å². The molecule has 7 heteroatoms. The van der Waals surface area contributed by atoms with E-state index in [1.807, 2.05) is 12.1 Å². The number of carbonyl (C=O) groups is 1. The van der Waals surface area contributed by atoms with E-state index in [2.05, 4.69) is 17.3 Å². The zero-order chi connectivity index (χ0) is 18.7. The number of nitrogens with zero attached hydrogens (tertiary/aromatic N) is 2. The molecule has 0 saturated carbocycles. The predicted molar refractivity (Wildman–Crippen MR) is 97.3 cm³/mol. The fourth-order valence-electron chi connectivity index (χ4n) is 2.71. The van der Waals surface area contributed by atoms with Crippen molar-refractivity contribution >= 4 is 5.91 Å². The van der Waals surface area contributed by atoms with Crippen molar-refractivity contribution in [1.29, 1.82) is 0 Å². The van der Waals surface area contributed by atoms with Crippen molar-refractivity contribution in [3.05, 3.63) is 40.7 Å². The number of hydrogen-bond acceptors (Lipinski definition) is 5. The van der Waals surface area contributed by atoms with Gasteiger partial charge in [0.25, 0.3) is 5.56 Å². The molecule has 26 heavy (non-hydrogen) atoms. The molecule has 138 valence electrons. The number of benzene rings is 1. The first kappa shape index (κ1) is 18.0. The van der Waals surface area contributed by atoms with E-state index < -0.39 is 5.54 Å².